The summed E-state index contributed by atoms with van der Waals surface area (Å²) in [7, 11) is 1.33. The van der Waals surface area contributed by atoms with E-state index in [0.29, 0.717) is 6.26 Å². The molecule has 5 heteroatoms. The molecule has 0 fully saturated rings. The third-order valence-electron chi connectivity index (χ3n) is 1.66. The number of halogens is 1. The van der Waals surface area contributed by atoms with Gasteiger partial charge in [-0.3, -0.25) is 4.79 Å². The Balaban J connectivity index is 0.00000196. The molecule has 0 saturated heterocycles. The first-order chi connectivity index (χ1) is 6.70. The van der Waals surface area contributed by atoms with Crippen molar-refractivity contribution in [3.8, 4) is 5.75 Å². The molecule has 15 heavy (non-hydrogen) atoms. The summed E-state index contributed by atoms with van der Waals surface area (Å²) in [5.41, 5.74) is -0.220. The SMILES string of the molecule is COc1cccc(F)c1C(=O)/C=C/[O-].[Na+]. The quantitative estimate of drug-likeness (QED) is 0.252. The van der Waals surface area contributed by atoms with Crippen molar-refractivity contribution in [3.05, 3.63) is 41.9 Å². The van der Waals surface area contributed by atoms with E-state index in [1.54, 1.807) is 0 Å². The van der Waals surface area contributed by atoms with Crippen LogP contribution in [0.5, 0.6) is 5.75 Å². The van der Waals surface area contributed by atoms with Gasteiger partial charge in [0.05, 0.1) is 12.7 Å². The minimum absolute atomic E-state index is 0. The van der Waals surface area contributed by atoms with Crippen LogP contribution >= 0.6 is 0 Å². The van der Waals surface area contributed by atoms with Gasteiger partial charge in [-0.2, -0.15) is 0 Å². The van der Waals surface area contributed by atoms with Gasteiger partial charge >= 0.3 is 29.6 Å². The number of hydrogen-bond donors (Lipinski definition) is 0. The summed E-state index contributed by atoms with van der Waals surface area (Å²) in [6, 6.07) is 4.01. The first kappa shape index (κ1) is 14.2. The summed E-state index contributed by atoms with van der Waals surface area (Å²) in [6.45, 7) is 0. The van der Waals surface area contributed by atoms with E-state index in [4.69, 9.17) is 4.74 Å². The van der Waals surface area contributed by atoms with Crippen molar-refractivity contribution >= 4 is 5.78 Å². The molecule has 1 aromatic carbocycles. The first-order valence-electron chi connectivity index (χ1n) is 3.86. The van der Waals surface area contributed by atoms with Crippen LogP contribution in [-0.2, 0) is 0 Å². The Labute approximate surface area is 109 Å². The van der Waals surface area contributed by atoms with Crippen LogP contribution in [0.3, 0.4) is 0 Å². The predicted octanol–water partition coefficient (Wildman–Crippen LogP) is -2.10. The maximum atomic E-state index is 13.2. The molecule has 1 rings (SSSR count). The number of rotatable bonds is 3. The second-order valence-electron chi connectivity index (χ2n) is 2.48. The summed E-state index contributed by atoms with van der Waals surface area (Å²) in [5, 5.41) is 10.1. The van der Waals surface area contributed by atoms with E-state index in [1.165, 1.54) is 19.2 Å². The Morgan fingerprint density at radius 3 is 2.73 bits per heavy atom. The number of carbonyl (C=O) groups is 1. The molecule has 0 radical (unpaired) electrons. The van der Waals surface area contributed by atoms with E-state index >= 15 is 0 Å². The topological polar surface area (TPSA) is 49.4 Å². The summed E-state index contributed by atoms with van der Waals surface area (Å²) in [6.07, 6.45) is 1.06. The summed E-state index contributed by atoms with van der Waals surface area (Å²) < 4.78 is 18.0. The van der Waals surface area contributed by atoms with Crippen LogP contribution in [0.15, 0.2) is 30.5 Å². The minimum Gasteiger partial charge on any atom is -0.878 e. The molecule has 0 unspecified atom stereocenters. The molecule has 0 aliphatic carbocycles. The Kier molecular flexibility index (Phi) is 6.24. The van der Waals surface area contributed by atoms with Crippen molar-refractivity contribution in [2.75, 3.05) is 7.11 Å². The van der Waals surface area contributed by atoms with Crippen LogP contribution in [0.25, 0.3) is 0 Å². The van der Waals surface area contributed by atoms with Crippen molar-refractivity contribution < 1.29 is 48.6 Å². The number of allylic oxidation sites excluding steroid dienone is 1. The third kappa shape index (κ3) is 3.34. The fraction of sp³-hybridized carbons (Fsp3) is 0.100. The van der Waals surface area contributed by atoms with Crippen LogP contribution in [0.2, 0.25) is 0 Å². The van der Waals surface area contributed by atoms with Gasteiger partial charge in [-0.15, -0.1) is 6.26 Å². The molecule has 0 heterocycles. The molecule has 0 saturated carbocycles. The molecule has 1 aromatic rings. The molecule has 0 N–H and O–H groups in total. The monoisotopic (exact) mass is 218 g/mol. The third-order valence-corrected chi connectivity index (χ3v) is 1.66. The second-order valence-corrected chi connectivity index (χ2v) is 2.48. The number of methoxy groups -OCH3 is 1. The molecule has 0 aromatic heterocycles. The zero-order valence-corrected chi connectivity index (χ0v) is 10.5. The smallest absolute Gasteiger partial charge is 0.878 e. The van der Waals surface area contributed by atoms with Gasteiger partial charge in [0.15, 0.2) is 5.78 Å². The summed E-state index contributed by atoms with van der Waals surface area (Å²) >= 11 is 0. The zero-order valence-electron chi connectivity index (χ0n) is 8.49. The average Bonchev–Trinajstić information content (AvgIpc) is 2.17. The number of ketones is 1. The van der Waals surface area contributed by atoms with Crippen molar-refractivity contribution in [2.45, 2.75) is 0 Å². The van der Waals surface area contributed by atoms with Gasteiger partial charge in [-0.1, -0.05) is 6.07 Å². The Morgan fingerprint density at radius 2 is 2.20 bits per heavy atom. The molecule has 74 valence electrons. The van der Waals surface area contributed by atoms with E-state index in [2.05, 4.69) is 0 Å². The maximum Gasteiger partial charge on any atom is 1.00 e. The van der Waals surface area contributed by atoms with E-state index in [-0.39, 0.29) is 40.9 Å². The fourth-order valence-corrected chi connectivity index (χ4v) is 1.06. The molecule has 3 nitrogen and oxygen atoms in total. The van der Waals surface area contributed by atoms with Crippen LogP contribution < -0.4 is 39.4 Å². The summed E-state index contributed by atoms with van der Waals surface area (Å²) in [5.74, 6) is -1.28. The van der Waals surface area contributed by atoms with Crippen molar-refractivity contribution in [1.29, 1.82) is 0 Å². The predicted molar refractivity (Wildman–Crippen MR) is 46.4 cm³/mol. The first-order valence-corrected chi connectivity index (χ1v) is 3.86. The normalized spacial score (nSPS) is 9.73. The molecule has 0 bridgehead atoms. The standard InChI is InChI=1S/C10H9FO3.Na/c1-14-9-4-2-3-7(11)10(9)8(13)5-6-12;/h2-6,12H,1H3;/q;+1/p-1/b6-5+;. The molecule has 0 aliphatic heterocycles. The molecular formula is C10H8FNaO3. The molecule has 0 aliphatic rings. The fourth-order valence-electron chi connectivity index (χ4n) is 1.06. The largest absolute Gasteiger partial charge is 1.00 e. The van der Waals surface area contributed by atoms with Crippen LogP contribution in [-0.4, -0.2) is 12.9 Å². The number of hydrogen-bond acceptors (Lipinski definition) is 3. The van der Waals surface area contributed by atoms with Gasteiger partial charge in [0.2, 0.25) is 0 Å². The van der Waals surface area contributed by atoms with E-state index in [9.17, 15) is 14.3 Å². The van der Waals surface area contributed by atoms with Gasteiger partial charge in [0.1, 0.15) is 11.6 Å². The summed E-state index contributed by atoms with van der Waals surface area (Å²) in [4.78, 5) is 11.2. The van der Waals surface area contributed by atoms with E-state index < -0.39 is 11.6 Å². The van der Waals surface area contributed by atoms with Gasteiger partial charge in [-0.05, 0) is 18.2 Å². The van der Waals surface area contributed by atoms with Gasteiger partial charge in [-0.25, -0.2) is 4.39 Å². The van der Waals surface area contributed by atoms with Gasteiger partial charge < -0.3 is 9.84 Å². The zero-order chi connectivity index (χ0) is 10.6. The second kappa shape index (κ2) is 6.61. The maximum absolute atomic E-state index is 13.2. The van der Waals surface area contributed by atoms with Crippen molar-refractivity contribution in [1.82, 2.24) is 0 Å². The Morgan fingerprint density at radius 1 is 1.53 bits per heavy atom. The molecule has 0 spiro atoms. The van der Waals surface area contributed by atoms with Crippen LogP contribution in [0, 0.1) is 5.82 Å². The Bertz CT molecular complexity index is 377. The average molecular weight is 218 g/mol. The van der Waals surface area contributed by atoms with Crippen molar-refractivity contribution in [2.24, 2.45) is 0 Å². The number of ether oxygens (including phenoxy) is 1. The number of benzene rings is 1. The minimum atomic E-state index is -0.701. The van der Waals surface area contributed by atoms with Crippen molar-refractivity contribution in [3.63, 3.8) is 0 Å². The van der Waals surface area contributed by atoms with Gasteiger partial charge in [0.25, 0.3) is 0 Å². The van der Waals surface area contributed by atoms with Gasteiger partial charge in [0, 0.05) is 0 Å². The molecule has 0 amide bonds. The van der Waals surface area contributed by atoms with E-state index in [1.807, 2.05) is 0 Å². The number of carbonyl (C=O) groups excluding carboxylic acids is 1. The van der Waals surface area contributed by atoms with Crippen LogP contribution in [0.1, 0.15) is 10.4 Å². The Hall–Kier alpha value is -0.840. The molecular weight excluding hydrogens is 210 g/mol. The molecule has 0 atom stereocenters. The van der Waals surface area contributed by atoms with Crippen LogP contribution in [0.4, 0.5) is 4.39 Å². The van der Waals surface area contributed by atoms with E-state index in [0.717, 1.165) is 12.1 Å².